The summed E-state index contributed by atoms with van der Waals surface area (Å²) in [5.74, 6) is 6.83. The van der Waals surface area contributed by atoms with Crippen LogP contribution in [0.4, 0.5) is 0 Å². The van der Waals surface area contributed by atoms with Crippen LogP contribution in [-0.2, 0) is 9.53 Å². The molecule has 4 fully saturated rings. The molecule has 2 heteroatoms. The van der Waals surface area contributed by atoms with Gasteiger partial charge in [0.2, 0.25) is 0 Å². The molecule has 200 valence electrons. The molecule has 2 nitrogen and oxygen atoms in total. The van der Waals surface area contributed by atoms with Gasteiger partial charge >= 0.3 is 5.97 Å². The lowest BCUT2D eigenvalue weighted by molar-refractivity contribution is -0.158. The Morgan fingerprint density at radius 3 is 2.29 bits per heavy atom. The highest BCUT2D eigenvalue weighted by molar-refractivity contribution is 5.87. The maximum Gasteiger partial charge on any atom is 0.333 e. The fourth-order valence-electron chi connectivity index (χ4n) is 10.2. The van der Waals surface area contributed by atoms with E-state index < -0.39 is 0 Å². The molecule has 0 heterocycles. The van der Waals surface area contributed by atoms with Crippen molar-refractivity contribution >= 4 is 5.97 Å². The number of rotatable bonds is 8. The molecule has 4 aliphatic carbocycles. The summed E-state index contributed by atoms with van der Waals surface area (Å²) in [4.78, 5) is 12.1. The lowest BCUT2D eigenvalue weighted by atomic mass is 9.44. The first kappa shape index (κ1) is 27.3. The molecule has 0 bridgehead atoms. The summed E-state index contributed by atoms with van der Waals surface area (Å²) >= 11 is 0. The van der Waals surface area contributed by atoms with E-state index in [0.29, 0.717) is 16.4 Å². The van der Waals surface area contributed by atoms with Crippen LogP contribution >= 0.6 is 0 Å². The predicted molar refractivity (Wildman–Crippen MR) is 147 cm³/mol. The molecule has 0 aliphatic heterocycles. The molecule has 4 rings (SSSR count). The number of hydrogen-bond donors (Lipinski definition) is 0. The third kappa shape index (κ3) is 5.03. The third-order valence-electron chi connectivity index (χ3n) is 12.5. The molecule has 2 unspecified atom stereocenters. The van der Waals surface area contributed by atoms with E-state index >= 15 is 0 Å². The fraction of sp³-hybridized carbons (Fsp3) is 0.909. The summed E-state index contributed by atoms with van der Waals surface area (Å²) < 4.78 is 5.83. The quantitative estimate of drug-likeness (QED) is 0.253. The van der Waals surface area contributed by atoms with E-state index in [-0.39, 0.29) is 12.1 Å². The molecule has 4 saturated carbocycles. The highest BCUT2D eigenvalue weighted by Crippen LogP contribution is 2.68. The van der Waals surface area contributed by atoms with E-state index in [0.717, 1.165) is 60.2 Å². The van der Waals surface area contributed by atoms with Crippen LogP contribution in [0.25, 0.3) is 0 Å². The number of carbonyl (C=O) groups is 1. The van der Waals surface area contributed by atoms with Crippen LogP contribution in [0.5, 0.6) is 0 Å². The van der Waals surface area contributed by atoms with Crippen molar-refractivity contribution in [3.8, 4) is 0 Å². The lowest BCUT2D eigenvalue weighted by Crippen LogP contribution is -2.54. The Hall–Kier alpha value is -0.790. The van der Waals surface area contributed by atoms with Crippen LogP contribution in [0.3, 0.4) is 0 Å². The summed E-state index contributed by atoms with van der Waals surface area (Å²) in [6.45, 7) is 20.7. The minimum Gasteiger partial charge on any atom is -0.459 e. The third-order valence-corrected chi connectivity index (χ3v) is 12.5. The Morgan fingerprint density at radius 2 is 1.63 bits per heavy atom. The summed E-state index contributed by atoms with van der Waals surface area (Å²) in [5.41, 5.74) is 1.55. The first-order valence-corrected chi connectivity index (χ1v) is 15.4. The summed E-state index contributed by atoms with van der Waals surface area (Å²) in [6, 6.07) is 0. The van der Waals surface area contributed by atoms with Gasteiger partial charge < -0.3 is 4.74 Å². The Kier molecular flexibility index (Phi) is 8.20. The number of carbonyl (C=O) groups excluding carboxylic acids is 1. The minimum atomic E-state index is -0.189. The number of ether oxygens (including phenoxy) is 1. The highest BCUT2D eigenvalue weighted by Gasteiger charge is 2.60. The first-order valence-electron chi connectivity index (χ1n) is 15.4. The summed E-state index contributed by atoms with van der Waals surface area (Å²) in [7, 11) is 0. The van der Waals surface area contributed by atoms with Crippen molar-refractivity contribution in [2.75, 3.05) is 0 Å². The maximum absolute atomic E-state index is 12.1. The van der Waals surface area contributed by atoms with Gasteiger partial charge in [-0.1, -0.05) is 61.0 Å². The molecule has 0 aromatic heterocycles. The average molecular weight is 485 g/mol. The van der Waals surface area contributed by atoms with Crippen molar-refractivity contribution in [1.29, 1.82) is 0 Å². The van der Waals surface area contributed by atoms with Gasteiger partial charge in [-0.15, -0.1) is 0 Å². The number of esters is 1. The van der Waals surface area contributed by atoms with Gasteiger partial charge in [0.15, 0.2) is 0 Å². The van der Waals surface area contributed by atoms with Crippen molar-refractivity contribution in [3.63, 3.8) is 0 Å². The predicted octanol–water partition coefficient (Wildman–Crippen LogP) is 9.23. The number of hydrogen-bond acceptors (Lipinski definition) is 2. The molecule has 0 saturated heterocycles. The second-order valence-electron chi connectivity index (χ2n) is 14.4. The van der Waals surface area contributed by atoms with Gasteiger partial charge in [-0.3, -0.25) is 0 Å². The van der Waals surface area contributed by atoms with E-state index in [1.54, 1.807) is 6.92 Å². The minimum absolute atomic E-state index is 0.108. The molecule has 10 atom stereocenters. The molecule has 0 N–H and O–H groups in total. The molecule has 4 aliphatic rings. The zero-order valence-electron chi connectivity index (χ0n) is 24.2. The maximum atomic E-state index is 12.1. The lowest BCUT2D eigenvalue weighted by Gasteiger charge is -2.61. The second-order valence-corrected chi connectivity index (χ2v) is 14.4. The van der Waals surface area contributed by atoms with E-state index in [9.17, 15) is 4.79 Å². The molecule has 0 aromatic carbocycles. The van der Waals surface area contributed by atoms with Crippen LogP contribution in [-0.4, -0.2) is 12.1 Å². The van der Waals surface area contributed by atoms with Crippen molar-refractivity contribution in [2.24, 2.45) is 58.2 Å². The Labute approximate surface area is 217 Å². The van der Waals surface area contributed by atoms with Crippen molar-refractivity contribution < 1.29 is 9.53 Å². The van der Waals surface area contributed by atoms with Crippen LogP contribution in [0.2, 0.25) is 0 Å². The molecular weight excluding hydrogens is 428 g/mol. The first-order chi connectivity index (χ1) is 16.5. The summed E-state index contributed by atoms with van der Waals surface area (Å²) in [5, 5.41) is 0. The van der Waals surface area contributed by atoms with Gasteiger partial charge in [0.25, 0.3) is 0 Å². The van der Waals surface area contributed by atoms with Gasteiger partial charge in [-0.2, -0.15) is 0 Å². The molecule has 0 amide bonds. The van der Waals surface area contributed by atoms with Crippen molar-refractivity contribution in [3.05, 3.63) is 12.2 Å². The van der Waals surface area contributed by atoms with Crippen LogP contribution < -0.4 is 0 Å². The molecular formula is C33H56O2. The standard InChI is InChI=1S/C33H56O2/c1-9-24(21(2)3)11-10-23(6)28-14-15-29-27-13-12-25-20-26(35-31(34)22(4)5)16-18-32(25,7)30(27)17-19-33(28,29)8/h21,23-30H,4,9-20H2,1-3,5-8H3/t23-,24-,25?,26?,27+,28-,29+,30+,32+,33-/m1/s1. The van der Waals surface area contributed by atoms with Gasteiger partial charge in [0.1, 0.15) is 6.10 Å². The van der Waals surface area contributed by atoms with E-state index in [1.807, 2.05) is 0 Å². The van der Waals surface area contributed by atoms with Crippen molar-refractivity contribution in [2.45, 2.75) is 132 Å². The van der Waals surface area contributed by atoms with Crippen LogP contribution in [0, 0.1) is 58.2 Å². The smallest absolute Gasteiger partial charge is 0.333 e. The van der Waals surface area contributed by atoms with Gasteiger partial charge in [0, 0.05) is 5.57 Å². The molecule has 0 spiro atoms. The van der Waals surface area contributed by atoms with Crippen molar-refractivity contribution in [1.82, 2.24) is 0 Å². The second kappa shape index (κ2) is 10.5. The molecule has 0 radical (unpaired) electrons. The number of fused-ring (bicyclic) bond motifs is 5. The zero-order chi connectivity index (χ0) is 25.5. The van der Waals surface area contributed by atoms with Gasteiger partial charge in [-0.05, 0) is 129 Å². The SMILES string of the molecule is C=C(C)C(=O)OC1CC[C@@]2(C)C(CC[C@H]3[C@@H]4CC[C@H]([C@H](C)CC[C@@H](CC)C(C)C)[C@@]4(C)CC[C@@H]32)C1. The van der Waals surface area contributed by atoms with E-state index in [2.05, 4.69) is 48.1 Å². The topological polar surface area (TPSA) is 26.3 Å². The largest absolute Gasteiger partial charge is 0.459 e. The Bertz CT molecular complexity index is 769. The summed E-state index contributed by atoms with van der Waals surface area (Å²) in [6.07, 6.45) is 16.3. The fourth-order valence-corrected chi connectivity index (χ4v) is 10.2. The average Bonchev–Trinajstić information content (AvgIpc) is 3.16. The molecule has 0 aromatic rings. The van der Waals surface area contributed by atoms with Crippen LogP contribution in [0.1, 0.15) is 126 Å². The van der Waals surface area contributed by atoms with Gasteiger partial charge in [0.05, 0.1) is 0 Å². The zero-order valence-corrected chi connectivity index (χ0v) is 24.2. The highest BCUT2D eigenvalue weighted by atomic mass is 16.5. The van der Waals surface area contributed by atoms with E-state index in [4.69, 9.17) is 4.74 Å². The normalized spacial score (nSPS) is 42.5. The van der Waals surface area contributed by atoms with Crippen LogP contribution in [0.15, 0.2) is 12.2 Å². The Morgan fingerprint density at radius 1 is 0.943 bits per heavy atom. The Balaban J connectivity index is 1.41. The monoisotopic (exact) mass is 484 g/mol. The van der Waals surface area contributed by atoms with Gasteiger partial charge in [-0.25, -0.2) is 4.79 Å². The molecule has 35 heavy (non-hydrogen) atoms. The van der Waals surface area contributed by atoms with E-state index in [1.165, 1.54) is 64.2 Å².